The first-order valence-corrected chi connectivity index (χ1v) is 7.40. The fourth-order valence-electron chi connectivity index (χ4n) is 3.77. The number of likely N-dealkylation sites (tertiary alicyclic amines) is 1. The zero-order chi connectivity index (χ0) is 13.5. The van der Waals surface area contributed by atoms with Crippen molar-refractivity contribution in [3.05, 3.63) is 0 Å². The molecule has 1 heterocycles. The monoisotopic (exact) mass is 260 g/mol. The summed E-state index contributed by atoms with van der Waals surface area (Å²) >= 11 is 0. The molecule has 1 unspecified atom stereocenters. The van der Waals surface area contributed by atoms with Crippen molar-refractivity contribution < 1.29 is 9.59 Å². The first kappa shape index (κ1) is 12.7. The van der Waals surface area contributed by atoms with Gasteiger partial charge in [-0.2, -0.15) is 5.26 Å². The Morgan fingerprint density at radius 2 is 1.68 bits per heavy atom. The molecule has 1 aliphatic heterocycles. The highest BCUT2D eigenvalue weighted by molar-refractivity contribution is 5.99. The number of nitriles is 1. The molecule has 3 fully saturated rings. The highest BCUT2D eigenvalue weighted by Crippen LogP contribution is 2.47. The van der Waals surface area contributed by atoms with Gasteiger partial charge < -0.3 is 0 Å². The van der Waals surface area contributed by atoms with E-state index in [0.29, 0.717) is 12.8 Å². The highest BCUT2D eigenvalue weighted by Gasteiger charge is 2.49. The Labute approximate surface area is 113 Å². The summed E-state index contributed by atoms with van der Waals surface area (Å²) in [5.74, 6) is 0.0338. The lowest BCUT2D eigenvalue weighted by atomic mass is 9.67. The van der Waals surface area contributed by atoms with Crippen molar-refractivity contribution >= 4 is 11.8 Å². The van der Waals surface area contributed by atoms with Crippen molar-refractivity contribution in [1.82, 2.24) is 4.90 Å². The molecule has 0 aromatic carbocycles. The Morgan fingerprint density at radius 3 is 2.16 bits per heavy atom. The molecule has 0 radical (unpaired) electrons. The van der Waals surface area contributed by atoms with Gasteiger partial charge in [-0.25, -0.2) is 0 Å². The molecule has 19 heavy (non-hydrogen) atoms. The molecule has 1 spiro atoms. The number of carbonyl (C=O) groups is 2. The van der Waals surface area contributed by atoms with Crippen LogP contribution in [0.3, 0.4) is 0 Å². The van der Waals surface area contributed by atoms with Gasteiger partial charge in [-0.05, 0) is 37.0 Å². The number of hydrogen-bond donors (Lipinski definition) is 0. The van der Waals surface area contributed by atoms with Gasteiger partial charge >= 0.3 is 0 Å². The first-order chi connectivity index (χ1) is 9.15. The lowest BCUT2D eigenvalue weighted by Gasteiger charge is -2.43. The summed E-state index contributed by atoms with van der Waals surface area (Å²) < 4.78 is 0. The van der Waals surface area contributed by atoms with Crippen LogP contribution in [-0.4, -0.2) is 22.8 Å². The average molecular weight is 260 g/mol. The number of imide groups is 1. The van der Waals surface area contributed by atoms with E-state index in [1.54, 1.807) is 0 Å². The van der Waals surface area contributed by atoms with Gasteiger partial charge in [0, 0.05) is 12.8 Å². The molecule has 0 aromatic rings. The molecular formula is C15H20N2O2. The number of piperidine rings is 1. The number of amides is 2. The van der Waals surface area contributed by atoms with Gasteiger partial charge in [-0.1, -0.05) is 19.3 Å². The van der Waals surface area contributed by atoms with Crippen LogP contribution in [0.2, 0.25) is 0 Å². The Morgan fingerprint density at radius 1 is 1.11 bits per heavy atom. The van der Waals surface area contributed by atoms with Crippen molar-refractivity contribution in [2.24, 2.45) is 11.3 Å². The number of hydrogen-bond acceptors (Lipinski definition) is 3. The second-order valence-corrected chi connectivity index (χ2v) is 6.48. The minimum absolute atomic E-state index is 0.0769. The van der Waals surface area contributed by atoms with E-state index in [0.717, 1.165) is 38.5 Å². The van der Waals surface area contributed by atoms with Crippen molar-refractivity contribution in [3.8, 4) is 6.07 Å². The minimum Gasteiger partial charge on any atom is -0.274 e. The van der Waals surface area contributed by atoms with E-state index in [-0.39, 0.29) is 23.1 Å². The standard InChI is InChI=1S/C15H20N2O2/c16-10-12(11-4-5-11)17-13(18)8-15(9-14(17)19)6-2-1-3-7-15/h11-12H,1-9H2. The molecule has 0 bridgehead atoms. The van der Waals surface area contributed by atoms with E-state index < -0.39 is 6.04 Å². The van der Waals surface area contributed by atoms with Crippen LogP contribution in [0.15, 0.2) is 0 Å². The van der Waals surface area contributed by atoms with E-state index in [1.807, 2.05) is 0 Å². The molecule has 1 atom stereocenters. The summed E-state index contributed by atoms with van der Waals surface area (Å²) in [6.45, 7) is 0. The van der Waals surface area contributed by atoms with E-state index in [9.17, 15) is 14.9 Å². The van der Waals surface area contributed by atoms with Gasteiger partial charge in [0.2, 0.25) is 11.8 Å². The normalized spacial score (nSPS) is 28.3. The second kappa shape index (κ2) is 4.63. The van der Waals surface area contributed by atoms with Gasteiger partial charge in [0.15, 0.2) is 0 Å². The van der Waals surface area contributed by atoms with Crippen molar-refractivity contribution in [3.63, 3.8) is 0 Å². The minimum atomic E-state index is -0.499. The Hall–Kier alpha value is -1.37. The van der Waals surface area contributed by atoms with Crippen LogP contribution in [0.4, 0.5) is 0 Å². The Balaban J connectivity index is 1.77. The molecule has 1 saturated heterocycles. The molecule has 2 amide bonds. The SMILES string of the molecule is N#CC(C1CC1)N1C(=O)CC2(CCCCC2)CC1=O. The largest absolute Gasteiger partial charge is 0.274 e. The fourth-order valence-corrected chi connectivity index (χ4v) is 3.77. The molecule has 102 valence electrons. The van der Waals surface area contributed by atoms with E-state index in [1.165, 1.54) is 11.3 Å². The topological polar surface area (TPSA) is 61.2 Å². The maximum Gasteiger partial charge on any atom is 0.230 e. The number of carbonyl (C=O) groups excluding carboxylic acids is 2. The van der Waals surface area contributed by atoms with Crippen LogP contribution in [0.1, 0.15) is 57.8 Å². The predicted molar refractivity (Wildman–Crippen MR) is 68.7 cm³/mol. The Bertz CT molecular complexity index is 422. The van der Waals surface area contributed by atoms with Crippen LogP contribution in [0, 0.1) is 22.7 Å². The maximum atomic E-state index is 12.4. The van der Waals surface area contributed by atoms with E-state index in [4.69, 9.17) is 0 Å². The average Bonchev–Trinajstić information content (AvgIpc) is 3.19. The maximum absolute atomic E-state index is 12.4. The third-order valence-electron chi connectivity index (χ3n) is 4.98. The molecule has 2 saturated carbocycles. The summed E-state index contributed by atoms with van der Waals surface area (Å²) in [6.07, 6.45) is 8.37. The van der Waals surface area contributed by atoms with Gasteiger partial charge in [-0.3, -0.25) is 14.5 Å². The van der Waals surface area contributed by atoms with Crippen LogP contribution >= 0.6 is 0 Å². The van der Waals surface area contributed by atoms with Gasteiger partial charge in [0.25, 0.3) is 0 Å². The number of rotatable bonds is 2. The third kappa shape index (κ3) is 2.27. The quantitative estimate of drug-likeness (QED) is 0.716. The molecule has 4 nitrogen and oxygen atoms in total. The molecule has 0 N–H and O–H groups in total. The van der Waals surface area contributed by atoms with E-state index >= 15 is 0 Å². The van der Waals surface area contributed by atoms with Crippen LogP contribution < -0.4 is 0 Å². The lowest BCUT2D eigenvalue weighted by molar-refractivity contribution is -0.156. The summed E-state index contributed by atoms with van der Waals surface area (Å²) in [6, 6.07) is 1.67. The van der Waals surface area contributed by atoms with Crippen molar-refractivity contribution in [2.45, 2.75) is 63.8 Å². The zero-order valence-corrected chi connectivity index (χ0v) is 11.2. The molecule has 3 aliphatic rings. The van der Waals surface area contributed by atoms with Crippen molar-refractivity contribution in [2.75, 3.05) is 0 Å². The second-order valence-electron chi connectivity index (χ2n) is 6.48. The summed E-state index contributed by atoms with van der Waals surface area (Å²) in [5, 5.41) is 9.23. The summed E-state index contributed by atoms with van der Waals surface area (Å²) in [4.78, 5) is 26.0. The molecular weight excluding hydrogens is 240 g/mol. The third-order valence-corrected chi connectivity index (χ3v) is 4.98. The van der Waals surface area contributed by atoms with Crippen LogP contribution in [0.5, 0.6) is 0 Å². The van der Waals surface area contributed by atoms with Crippen LogP contribution in [-0.2, 0) is 9.59 Å². The van der Waals surface area contributed by atoms with Gasteiger partial charge in [0.1, 0.15) is 6.04 Å². The smallest absolute Gasteiger partial charge is 0.230 e. The highest BCUT2D eigenvalue weighted by atomic mass is 16.2. The number of nitrogens with zero attached hydrogens (tertiary/aromatic N) is 2. The summed E-state index contributed by atoms with van der Waals surface area (Å²) in [5.41, 5.74) is -0.0769. The van der Waals surface area contributed by atoms with Gasteiger partial charge in [0.05, 0.1) is 6.07 Å². The molecule has 2 aliphatic carbocycles. The predicted octanol–water partition coefficient (Wildman–Crippen LogP) is 2.39. The Kier molecular flexibility index (Phi) is 3.08. The summed E-state index contributed by atoms with van der Waals surface area (Å²) in [7, 11) is 0. The lowest BCUT2D eigenvalue weighted by Crippen LogP contribution is -2.53. The molecule has 4 heteroatoms. The van der Waals surface area contributed by atoms with E-state index in [2.05, 4.69) is 6.07 Å². The van der Waals surface area contributed by atoms with Crippen molar-refractivity contribution in [1.29, 1.82) is 5.26 Å². The molecule has 3 rings (SSSR count). The van der Waals surface area contributed by atoms with Crippen LogP contribution in [0.25, 0.3) is 0 Å². The first-order valence-electron chi connectivity index (χ1n) is 7.40. The van der Waals surface area contributed by atoms with Gasteiger partial charge in [-0.15, -0.1) is 0 Å². The fraction of sp³-hybridized carbons (Fsp3) is 0.800. The zero-order valence-electron chi connectivity index (χ0n) is 11.2. The molecule has 0 aromatic heterocycles.